The van der Waals surface area contributed by atoms with Crippen LogP contribution < -0.4 is 10.6 Å². The zero-order valence-corrected chi connectivity index (χ0v) is 13.9. The number of nitro benzene ring substituents is 1. The summed E-state index contributed by atoms with van der Waals surface area (Å²) in [5, 5.41) is 16.0. The zero-order chi connectivity index (χ0) is 18.1. The molecular weight excluding hydrogens is 314 g/mol. The van der Waals surface area contributed by atoms with Gasteiger partial charge in [-0.15, -0.1) is 0 Å². The minimum atomic E-state index is -0.741. The van der Waals surface area contributed by atoms with E-state index in [1.807, 2.05) is 0 Å². The molecule has 2 N–H and O–H groups in total. The number of hydrogen-bond donors (Lipinski definition) is 2. The average molecular weight is 333 g/mol. The molecule has 0 radical (unpaired) electrons. The van der Waals surface area contributed by atoms with Crippen LogP contribution >= 0.6 is 0 Å². The molecule has 8 nitrogen and oxygen atoms in total. The fraction of sp³-hybridized carbons (Fsp3) is 0.375. The lowest BCUT2D eigenvalue weighted by atomic mass is 9.95. The van der Waals surface area contributed by atoms with Crippen molar-refractivity contribution in [3.63, 3.8) is 0 Å². The fourth-order valence-electron chi connectivity index (χ4n) is 2.34. The summed E-state index contributed by atoms with van der Waals surface area (Å²) in [6.07, 6.45) is 0. The van der Waals surface area contributed by atoms with Crippen LogP contribution in [0, 0.1) is 10.1 Å². The predicted molar refractivity (Wildman–Crippen MR) is 86.0 cm³/mol. The van der Waals surface area contributed by atoms with Crippen LogP contribution in [0.5, 0.6) is 0 Å². The molecule has 1 aromatic rings. The highest BCUT2D eigenvalue weighted by Crippen LogP contribution is 2.29. The third kappa shape index (κ3) is 3.89. The normalized spacial score (nSPS) is 17.8. The largest absolute Gasteiger partial charge is 0.456 e. The molecule has 1 unspecified atom stereocenters. The highest BCUT2D eigenvalue weighted by atomic mass is 16.6. The Kier molecular flexibility index (Phi) is 4.59. The summed E-state index contributed by atoms with van der Waals surface area (Å²) in [6.45, 7) is 6.85. The predicted octanol–water partition coefficient (Wildman–Crippen LogP) is 2.56. The Labute approximate surface area is 139 Å². The molecule has 0 fully saturated rings. The number of allylic oxidation sites excluding steroid dienone is 1. The van der Waals surface area contributed by atoms with Crippen LogP contribution in [0.25, 0.3) is 0 Å². The first-order valence-corrected chi connectivity index (χ1v) is 7.34. The maximum atomic E-state index is 12.5. The van der Waals surface area contributed by atoms with Gasteiger partial charge in [-0.05, 0) is 45.4 Å². The smallest absolute Gasteiger partial charge is 0.338 e. The molecule has 0 saturated heterocycles. The Morgan fingerprint density at radius 2 is 1.83 bits per heavy atom. The summed E-state index contributed by atoms with van der Waals surface area (Å²) in [7, 11) is 0. The van der Waals surface area contributed by atoms with Gasteiger partial charge in [-0.1, -0.05) is 0 Å². The maximum absolute atomic E-state index is 12.5. The molecule has 0 bridgehead atoms. The summed E-state index contributed by atoms with van der Waals surface area (Å²) in [5.41, 5.74) is 0.440. The van der Waals surface area contributed by atoms with Gasteiger partial charge in [0.1, 0.15) is 5.60 Å². The molecule has 24 heavy (non-hydrogen) atoms. The van der Waals surface area contributed by atoms with Crippen LogP contribution in [-0.4, -0.2) is 22.5 Å². The third-order valence-corrected chi connectivity index (χ3v) is 3.33. The van der Waals surface area contributed by atoms with E-state index in [0.29, 0.717) is 11.3 Å². The second kappa shape index (κ2) is 6.31. The van der Waals surface area contributed by atoms with Gasteiger partial charge < -0.3 is 15.4 Å². The number of esters is 1. The van der Waals surface area contributed by atoms with Crippen molar-refractivity contribution in [3.05, 3.63) is 51.2 Å². The van der Waals surface area contributed by atoms with Crippen molar-refractivity contribution < 1.29 is 19.2 Å². The lowest BCUT2D eigenvalue weighted by Crippen LogP contribution is -2.46. The lowest BCUT2D eigenvalue weighted by Gasteiger charge is -2.30. The van der Waals surface area contributed by atoms with E-state index < -0.39 is 28.6 Å². The molecule has 0 saturated carbocycles. The quantitative estimate of drug-likeness (QED) is 0.502. The van der Waals surface area contributed by atoms with E-state index in [9.17, 15) is 19.7 Å². The fourth-order valence-corrected chi connectivity index (χ4v) is 2.34. The van der Waals surface area contributed by atoms with Crippen LogP contribution in [0.2, 0.25) is 0 Å². The van der Waals surface area contributed by atoms with Gasteiger partial charge >= 0.3 is 12.0 Å². The van der Waals surface area contributed by atoms with Gasteiger partial charge in [-0.3, -0.25) is 10.1 Å². The summed E-state index contributed by atoms with van der Waals surface area (Å²) in [5.74, 6) is -0.559. The molecular formula is C16H19N3O5. The first-order valence-electron chi connectivity index (χ1n) is 7.34. The Morgan fingerprint density at radius 1 is 1.25 bits per heavy atom. The van der Waals surface area contributed by atoms with Crippen molar-refractivity contribution in [2.75, 3.05) is 0 Å². The SMILES string of the molecule is CC1=C(C(=O)OC(C)(C)C)C(c2ccc([N+](=O)[O-])cc2)NC(=O)N1. The molecule has 1 atom stereocenters. The second-order valence-electron chi connectivity index (χ2n) is 6.42. The average Bonchev–Trinajstić information content (AvgIpc) is 2.44. The lowest BCUT2D eigenvalue weighted by molar-refractivity contribution is -0.384. The van der Waals surface area contributed by atoms with Gasteiger partial charge in [0, 0.05) is 17.8 Å². The third-order valence-electron chi connectivity index (χ3n) is 3.33. The van der Waals surface area contributed by atoms with Crippen LogP contribution in [0.3, 0.4) is 0 Å². The van der Waals surface area contributed by atoms with E-state index in [4.69, 9.17) is 4.74 Å². The number of amides is 2. The minimum absolute atomic E-state index is 0.0708. The second-order valence-corrected chi connectivity index (χ2v) is 6.42. The van der Waals surface area contributed by atoms with Gasteiger partial charge in [0.05, 0.1) is 16.5 Å². The van der Waals surface area contributed by atoms with Gasteiger partial charge in [0.25, 0.3) is 5.69 Å². The standard InChI is InChI=1S/C16H19N3O5/c1-9-12(14(20)24-16(2,3)4)13(18-15(21)17-9)10-5-7-11(8-6-10)19(22)23/h5-8,13H,1-4H3,(H2,17,18,21). The number of carbonyl (C=O) groups excluding carboxylic acids is 2. The first-order chi connectivity index (χ1) is 11.1. The number of non-ortho nitro benzene ring substituents is 1. The molecule has 2 amide bonds. The molecule has 0 aliphatic carbocycles. The molecule has 128 valence electrons. The van der Waals surface area contributed by atoms with Crippen molar-refractivity contribution >= 4 is 17.7 Å². The Bertz CT molecular complexity index is 716. The van der Waals surface area contributed by atoms with Crippen molar-refractivity contribution in [2.45, 2.75) is 39.3 Å². The van der Waals surface area contributed by atoms with Crippen molar-refractivity contribution in [1.82, 2.24) is 10.6 Å². The highest BCUT2D eigenvalue weighted by Gasteiger charge is 2.34. The number of nitrogens with one attached hydrogen (secondary N) is 2. The van der Waals surface area contributed by atoms with Gasteiger partial charge in [-0.2, -0.15) is 0 Å². The van der Waals surface area contributed by atoms with Crippen molar-refractivity contribution in [1.29, 1.82) is 0 Å². The van der Waals surface area contributed by atoms with E-state index in [0.717, 1.165) is 0 Å². The van der Waals surface area contributed by atoms with Crippen molar-refractivity contribution in [2.24, 2.45) is 0 Å². The van der Waals surface area contributed by atoms with Gasteiger partial charge in [0.15, 0.2) is 0 Å². The summed E-state index contributed by atoms with van der Waals surface area (Å²) in [4.78, 5) is 34.5. The summed E-state index contributed by atoms with van der Waals surface area (Å²) >= 11 is 0. The number of nitrogens with zero attached hydrogens (tertiary/aromatic N) is 1. The zero-order valence-electron chi connectivity index (χ0n) is 13.9. The topological polar surface area (TPSA) is 111 Å². The Morgan fingerprint density at radius 3 is 2.33 bits per heavy atom. The monoisotopic (exact) mass is 333 g/mol. The molecule has 1 aliphatic heterocycles. The minimum Gasteiger partial charge on any atom is -0.456 e. The number of hydrogen-bond acceptors (Lipinski definition) is 5. The van der Waals surface area contributed by atoms with E-state index in [1.54, 1.807) is 27.7 Å². The Hall–Kier alpha value is -2.90. The first kappa shape index (κ1) is 17.5. The summed E-state index contributed by atoms with van der Waals surface area (Å²) < 4.78 is 5.40. The van der Waals surface area contributed by atoms with Gasteiger partial charge in [0.2, 0.25) is 0 Å². The summed E-state index contributed by atoms with van der Waals surface area (Å²) in [6, 6.07) is 4.47. The maximum Gasteiger partial charge on any atom is 0.338 e. The molecule has 2 rings (SSSR count). The molecule has 1 aliphatic rings. The molecule has 0 spiro atoms. The number of nitro groups is 1. The number of ether oxygens (including phenoxy) is 1. The van der Waals surface area contributed by atoms with E-state index in [2.05, 4.69) is 10.6 Å². The van der Waals surface area contributed by atoms with E-state index in [1.165, 1.54) is 24.3 Å². The van der Waals surface area contributed by atoms with Crippen molar-refractivity contribution in [3.8, 4) is 0 Å². The molecule has 0 aromatic heterocycles. The van der Waals surface area contributed by atoms with Crippen LogP contribution in [-0.2, 0) is 9.53 Å². The van der Waals surface area contributed by atoms with Crippen LogP contribution in [0.4, 0.5) is 10.5 Å². The molecule has 8 heteroatoms. The number of benzene rings is 1. The van der Waals surface area contributed by atoms with E-state index in [-0.39, 0.29) is 11.3 Å². The van der Waals surface area contributed by atoms with Crippen LogP contribution in [0.15, 0.2) is 35.5 Å². The highest BCUT2D eigenvalue weighted by molar-refractivity contribution is 5.95. The number of carbonyl (C=O) groups is 2. The number of rotatable bonds is 3. The molecule has 1 heterocycles. The van der Waals surface area contributed by atoms with Crippen LogP contribution in [0.1, 0.15) is 39.3 Å². The van der Waals surface area contributed by atoms with E-state index >= 15 is 0 Å². The Balaban J connectivity index is 2.41. The molecule has 1 aromatic carbocycles. The number of urea groups is 1. The van der Waals surface area contributed by atoms with Gasteiger partial charge in [-0.25, -0.2) is 9.59 Å².